The predicted octanol–water partition coefficient (Wildman–Crippen LogP) is 1.50. The first kappa shape index (κ1) is 6.54. The fourth-order valence-corrected chi connectivity index (χ4v) is 3.98. The molecule has 1 aromatic rings. The highest BCUT2D eigenvalue weighted by Gasteiger charge is 2.64. The zero-order valence-electron chi connectivity index (χ0n) is 21.9. The summed E-state index contributed by atoms with van der Waals surface area (Å²) in [6.45, 7) is -3.33. The zero-order chi connectivity index (χ0) is 23.9. The number of ether oxygens (including phenoxy) is 2. The SMILES string of the molecule is [2H]c1c([2H])c2c3c(c1OC)OC1([2H])C(O)C=C[C@]4([2H])[C@@]31CCN(C([2H])([2H])[2H])[C@]4([2H])C2([2H])[2H]. The molecular weight excluding hydrogens is 278 g/mol. The predicted molar refractivity (Wildman–Crippen MR) is 82.5 cm³/mol. The Morgan fingerprint density at radius 2 is 2.50 bits per heavy atom. The molecule has 1 aromatic carbocycles. The number of piperidine rings is 1. The number of hydrogen-bond acceptors (Lipinski definition) is 4. The Morgan fingerprint density at radius 3 is 3.32 bits per heavy atom. The van der Waals surface area contributed by atoms with Crippen LogP contribution in [0.25, 0.3) is 0 Å². The van der Waals surface area contributed by atoms with Crippen LogP contribution in [0.5, 0.6) is 11.5 Å². The first-order valence-electron chi connectivity index (χ1n) is 12.1. The molecule has 1 N–H and O–H groups in total. The van der Waals surface area contributed by atoms with E-state index in [1.807, 2.05) is 0 Å². The Hall–Kier alpha value is -1.52. The lowest BCUT2D eigenvalue weighted by Crippen LogP contribution is -2.64. The number of likely N-dealkylation sites (tertiary alicyclic amines) is 1. The second-order valence-electron chi connectivity index (χ2n) is 5.83. The van der Waals surface area contributed by atoms with Gasteiger partial charge >= 0.3 is 0 Å². The van der Waals surface area contributed by atoms with E-state index in [0.29, 0.717) is 4.90 Å². The van der Waals surface area contributed by atoms with E-state index in [9.17, 15) is 7.85 Å². The second kappa shape index (κ2) is 4.06. The van der Waals surface area contributed by atoms with Crippen molar-refractivity contribution in [2.75, 3.05) is 20.6 Å². The van der Waals surface area contributed by atoms with Crippen LogP contribution in [-0.4, -0.2) is 48.8 Å². The molecule has 22 heavy (non-hydrogen) atoms. The molecule has 116 valence electrons. The summed E-state index contributed by atoms with van der Waals surface area (Å²) in [6, 6.07) is -4.01. The number of nitrogens with zero attached hydrogens (tertiary/aromatic N) is 1. The van der Waals surface area contributed by atoms with Crippen LogP contribution >= 0.6 is 0 Å². The number of likely N-dealkylation sites (N-methyl/N-ethyl adjacent to an activating group) is 1. The molecule has 4 nitrogen and oxygen atoms in total. The number of benzene rings is 1. The van der Waals surface area contributed by atoms with Crippen molar-refractivity contribution in [3.63, 3.8) is 0 Å². The molecule has 1 spiro atoms. The molecule has 4 heteroatoms. The van der Waals surface area contributed by atoms with E-state index in [4.69, 9.17) is 20.4 Å². The van der Waals surface area contributed by atoms with Gasteiger partial charge in [-0.25, -0.2) is 0 Å². The van der Waals surface area contributed by atoms with Crippen LogP contribution in [0.15, 0.2) is 24.2 Å². The van der Waals surface area contributed by atoms with Crippen LogP contribution in [0.4, 0.5) is 0 Å². The average Bonchev–Trinajstić information content (AvgIpc) is 2.94. The van der Waals surface area contributed by atoms with Gasteiger partial charge in [0.1, 0.15) is 12.2 Å². The van der Waals surface area contributed by atoms with E-state index in [0.717, 1.165) is 12.2 Å². The summed E-state index contributed by atoms with van der Waals surface area (Å²) < 4.78 is 97.7. The Morgan fingerprint density at radius 1 is 1.59 bits per heavy atom. The number of methoxy groups -OCH3 is 1. The van der Waals surface area contributed by atoms with E-state index in [1.165, 1.54) is 7.11 Å². The van der Waals surface area contributed by atoms with Crippen LogP contribution in [0.1, 0.15) is 31.3 Å². The van der Waals surface area contributed by atoms with E-state index >= 15 is 0 Å². The average molecular weight is 309 g/mol. The van der Waals surface area contributed by atoms with E-state index < -0.39 is 60.5 Å². The first-order valence-corrected chi connectivity index (χ1v) is 7.14. The lowest BCUT2D eigenvalue weighted by Gasteiger charge is -2.56. The third-order valence-electron chi connectivity index (χ3n) is 4.90. The Labute approximate surface area is 144 Å². The van der Waals surface area contributed by atoms with Crippen molar-refractivity contribution in [2.24, 2.45) is 5.89 Å². The molecule has 5 atom stereocenters. The summed E-state index contributed by atoms with van der Waals surface area (Å²) in [5.74, 6) is -2.84. The quantitative estimate of drug-likeness (QED) is 0.798. The van der Waals surface area contributed by atoms with Gasteiger partial charge in [0.25, 0.3) is 0 Å². The molecule has 2 aliphatic carbocycles. The molecule has 2 aliphatic heterocycles. The maximum atomic E-state index is 10.8. The number of hydrogen-bond donors (Lipinski definition) is 1. The molecule has 0 radical (unpaired) electrons. The maximum Gasteiger partial charge on any atom is 0.165 e. The largest absolute Gasteiger partial charge is 0.493 e. The molecule has 2 unspecified atom stereocenters. The van der Waals surface area contributed by atoms with Crippen molar-refractivity contribution in [1.82, 2.24) is 4.90 Å². The van der Waals surface area contributed by atoms with Gasteiger partial charge in [0, 0.05) is 32.5 Å². The molecule has 1 fully saturated rings. The topological polar surface area (TPSA) is 41.9 Å². The van der Waals surface area contributed by atoms with Gasteiger partial charge in [-0.2, -0.15) is 0 Å². The minimum Gasteiger partial charge on any atom is -0.493 e. The summed E-state index contributed by atoms with van der Waals surface area (Å²) in [5.41, 5.74) is -2.42. The Balaban J connectivity index is 2.04. The highest BCUT2D eigenvalue weighted by Crippen LogP contribution is 2.62. The highest BCUT2D eigenvalue weighted by atomic mass is 16.5. The van der Waals surface area contributed by atoms with Crippen molar-refractivity contribution in [1.29, 1.82) is 0 Å². The summed E-state index contributed by atoms with van der Waals surface area (Å²) in [5, 5.41) is 10.8. The maximum absolute atomic E-state index is 10.8. The number of aliphatic hydroxyl groups is 1. The minimum atomic E-state index is -2.96. The van der Waals surface area contributed by atoms with Crippen molar-refractivity contribution in [3.05, 3.63) is 35.4 Å². The summed E-state index contributed by atoms with van der Waals surface area (Å²) >= 11 is 0. The van der Waals surface area contributed by atoms with E-state index in [-0.39, 0.29) is 30.0 Å². The highest BCUT2D eigenvalue weighted by molar-refractivity contribution is 5.62. The van der Waals surface area contributed by atoms with E-state index in [2.05, 4.69) is 0 Å². The molecule has 0 saturated carbocycles. The number of aliphatic hydroxyl groups excluding tert-OH is 1. The lowest BCUT2D eigenvalue weighted by atomic mass is 9.53. The van der Waals surface area contributed by atoms with Crippen LogP contribution in [0.3, 0.4) is 0 Å². The molecule has 5 rings (SSSR count). The molecular formula is C18H21NO3. The smallest absolute Gasteiger partial charge is 0.165 e. The monoisotopic (exact) mass is 309 g/mol. The van der Waals surface area contributed by atoms with Crippen molar-refractivity contribution < 1.29 is 28.3 Å². The Bertz CT molecular complexity index is 1090. The fourth-order valence-electron chi connectivity index (χ4n) is 3.98. The van der Waals surface area contributed by atoms with Crippen LogP contribution in [-0.2, 0) is 11.8 Å². The van der Waals surface area contributed by atoms with Crippen molar-refractivity contribution in [2.45, 2.75) is 36.4 Å². The first-order chi connectivity index (χ1) is 14.6. The van der Waals surface area contributed by atoms with Gasteiger partial charge in [0.2, 0.25) is 0 Å². The fraction of sp³-hybridized carbons (Fsp3) is 0.556. The summed E-state index contributed by atoms with van der Waals surface area (Å²) in [6.07, 6.45) is -4.92. The molecule has 1 saturated heterocycles. The van der Waals surface area contributed by atoms with Gasteiger partial charge in [0.05, 0.1) is 11.2 Å². The van der Waals surface area contributed by atoms with Crippen LogP contribution in [0.2, 0.25) is 0 Å². The summed E-state index contributed by atoms with van der Waals surface area (Å²) in [7, 11) is 1.22. The van der Waals surface area contributed by atoms with Gasteiger partial charge in [0.15, 0.2) is 11.5 Å². The summed E-state index contributed by atoms with van der Waals surface area (Å²) in [4.78, 5) is 0.620. The standard InChI is InChI=1S/C18H21NO3/c1-19-8-7-18-11-4-5-13(20)17(18)22-16-14(21-2)6-3-10(15(16)18)9-12(11)19/h3-6,11-13,17,20H,7-9H2,1-2H3/t11-,12+,13?,17?,18-/m0/s1/i1D3,3D,6D,9D2,11D,12D,17D. The normalized spacial score (nSPS) is 60.5. The Kier molecular flexibility index (Phi) is 1.21. The van der Waals surface area contributed by atoms with Gasteiger partial charge in [-0.1, -0.05) is 18.2 Å². The van der Waals surface area contributed by atoms with Gasteiger partial charge in [-0.05, 0) is 37.9 Å². The molecule has 0 aromatic heterocycles. The third-order valence-corrected chi connectivity index (χ3v) is 4.90. The molecule has 0 amide bonds. The third kappa shape index (κ3) is 1.28. The molecule has 4 aliphatic rings. The number of rotatable bonds is 1. The van der Waals surface area contributed by atoms with Gasteiger partial charge < -0.3 is 19.5 Å². The van der Waals surface area contributed by atoms with Crippen molar-refractivity contribution in [3.8, 4) is 11.5 Å². The molecule has 2 bridgehead atoms. The van der Waals surface area contributed by atoms with Gasteiger partial charge in [-0.3, -0.25) is 0 Å². The van der Waals surface area contributed by atoms with Gasteiger partial charge in [-0.15, -0.1) is 0 Å². The zero-order valence-corrected chi connectivity index (χ0v) is 11.9. The lowest BCUT2D eigenvalue weighted by molar-refractivity contribution is -0.0453. The van der Waals surface area contributed by atoms with E-state index in [1.54, 1.807) is 0 Å². The van der Waals surface area contributed by atoms with Crippen LogP contribution < -0.4 is 9.47 Å². The minimum absolute atomic E-state index is 0.0678. The molecule has 2 heterocycles. The van der Waals surface area contributed by atoms with Crippen molar-refractivity contribution >= 4 is 0 Å². The van der Waals surface area contributed by atoms with Crippen LogP contribution in [0, 0.1) is 5.89 Å². The second-order valence-corrected chi connectivity index (χ2v) is 5.83.